The second-order valence-electron chi connectivity index (χ2n) is 0.639. The second kappa shape index (κ2) is 4.74. The number of carbonyl (C=O) groups is 1. The van der Waals surface area contributed by atoms with Gasteiger partial charge in [0.25, 0.3) is 0 Å². The van der Waals surface area contributed by atoms with Gasteiger partial charge in [-0.1, -0.05) is 0 Å². The van der Waals surface area contributed by atoms with Gasteiger partial charge in [0.05, 0.1) is 0 Å². The van der Waals surface area contributed by atoms with E-state index in [2.05, 4.69) is 0 Å². The minimum atomic E-state index is -3.23. The van der Waals surface area contributed by atoms with Gasteiger partial charge >= 0.3 is 50.1 Å². The Morgan fingerprint density at radius 2 is 1.86 bits per heavy atom. The maximum Gasteiger partial charge on any atom is 2.00 e. The fourth-order valence-corrected chi connectivity index (χ4v) is 0. The Balaban J connectivity index is -0.0000000417. The van der Waals surface area contributed by atoms with E-state index >= 15 is 0 Å². The van der Waals surface area contributed by atoms with Crippen molar-refractivity contribution < 1.29 is 21.5 Å². The van der Waals surface area contributed by atoms with Gasteiger partial charge in [-0.25, -0.2) is 4.79 Å². The first-order chi connectivity index (χ1) is 2.64. The van der Waals surface area contributed by atoms with Gasteiger partial charge in [0.1, 0.15) is 0 Å². The smallest absolute Gasteiger partial charge is 1.00 e. The van der Waals surface area contributed by atoms with Gasteiger partial charge in [-0.15, -0.1) is 0 Å². The largest absolute Gasteiger partial charge is 2.00 e. The molecular weight excluding hydrogens is 134 g/mol. The van der Waals surface area contributed by atoms with Crippen LogP contribution in [0.3, 0.4) is 0 Å². The average molecular weight is 138 g/mol. The summed E-state index contributed by atoms with van der Waals surface area (Å²) in [6, 6.07) is 0. The summed E-state index contributed by atoms with van der Waals surface area (Å²) in [6.07, 6.45) is -3.23. The van der Waals surface area contributed by atoms with Gasteiger partial charge in [-0.2, -0.15) is 8.78 Å². The molecule has 40 valence electrons. The summed E-state index contributed by atoms with van der Waals surface area (Å²) in [6.45, 7) is 0. The standard InChI is InChI=1S/C2H2F2O2.Ca.2H/c3-1(4)2(5)6;;;/h1H,(H,5,6);;;/q;+2;2*-1. The van der Waals surface area contributed by atoms with Crippen LogP contribution in [-0.4, -0.2) is 55.2 Å². The molecule has 0 saturated carbocycles. The third-order valence-corrected chi connectivity index (χ3v) is 0.187. The molecule has 0 aliphatic heterocycles. The fraction of sp³-hybridized carbons (Fsp3) is 0.500. The first kappa shape index (κ1) is 10.5. The zero-order valence-electron chi connectivity index (χ0n) is 5.40. The van der Waals surface area contributed by atoms with Crippen LogP contribution >= 0.6 is 0 Å². The first-order valence-corrected chi connectivity index (χ1v) is 1.15. The molecule has 0 spiro atoms. The van der Waals surface area contributed by atoms with E-state index in [9.17, 15) is 8.78 Å². The molecule has 7 heavy (non-hydrogen) atoms. The van der Waals surface area contributed by atoms with E-state index in [1.165, 1.54) is 0 Å². The molecule has 0 rings (SSSR count). The Morgan fingerprint density at radius 1 is 1.71 bits per heavy atom. The zero-order chi connectivity index (χ0) is 5.15. The fourth-order valence-electron chi connectivity index (χ4n) is 0. The van der Waals surface area contributed by atoms with Crippen molar-refractivity contribution in [1.82, 2.24) is 0 Å². The minimum Gasteiger partial charge on any atom is -1.00 e. The van der Waals surface area contributed by atoms with Gasteiger partial charge in [-0.3, -0.25) is 0 Å². The van der Waals surface area contributed by atoms with Crippen LogP contribution in [0.15, 0.2) is 0 Å². The molecule has 0 aromatic heterocycles. The second-order valence-corrected chi connectivity index (χ2v) is 0.639. The quantitative estimate of drug-likeness (QED) is 0.525. The van der Waals surface area contributed by atoms with Gasteiger partial charge < -0.3 is 7.96 Å². The summed E-state index contributed by atoms with van der Waals surface area (Å²) >= 11 is 0. The Bertz CT molecular complexity index is 71.6. The van der Waals surface area contributed by atoms with Crippen molar-refractivity contribution in [3.8, 4) is 0 Å². The Kier molecular flexibility index (Phi) is 7.14. The van der Waals surface area contributed by atoms with Crippen molar-refractivity contribution in [2.24, 2.45) is 0 Å². The summed E-state index contributed by atoms with van der Waals surface area (Å²) in [5.41, 5.74) is 0. The maximum absolute atomic E-state index is 10.6. The van der Waals surface area contributed by atoms with E-state index in [4.69, 9.17) is 9.90 Å². The van der Waals surface area contributed by atoms with Crippen LogP contribution in [0.2, 0.25) is 0 Å². The number of aliphatic carboxylic acids is 1. The summed E-state index contributed by atoms with van der Waals surface area (Å²) in [5.74, 6) is -2.07. The number of alkyl halides is 2. The van der Waals surface area contributed by atoms with Crippen LogP contribution < -0.4 is 0 Å². The molecule has 0 aromatic carbocycles. The van der Waals surface area contributed by atoms with Crippen molar-refractivity contribution in [2.45, 2.75) is 6.43 Å². The van der Waals surface area contributed by atoms with Crippen LogP contribution in [-0.2, 0) is 4.79 Å². The molecule has 2 nitrogen and oxygen atoms in total. The summed E-state index contributed by atoms with van der Waals surface area (Å²) in [5, 5.41) is 7.24. The van der Waals surface area contributed by atoms with Crippen molar-refractivity contribution >= 4 is 43.7 Å². The molecule has 0 aromatic rings. The zero-order valence-corrected chi connectivity index (χ0v) is 5.60. The molecule has 0 amide bonds. The molecule has 0 aliphatic carbocycles. The van der Waals surface area contributed by atoms with Crippen molar-refractivity contribution in [3.05, 3.63) is 0 Å². The number of hydrogen-bond acceptors (Lipinski definition) is 1. The van der Waals surface area contributed by atoms with E-state index in [-0.39, 0.29) is 40.6 Å². The maximum atomic E-state index is 10.6. The van der Waals surface area contributed by atoms with Gasteiger partial charge in [0.2, 0.25) is 0 Å². The number of rotatable bonds is 1. The predicted octanol–water partition coefficient (Wildman–Crippen LogP) is 0.180. The number of carboxylic acids is 1. The third kappa shape index (κ3) is 6.59. The predicted molar refractivity (Wildman–Crippen MR) is 21.6 cm³/mol. The monoisotopic (exact) mass is 138 g/mol. The van der Waals surface area contributed by atoms with Crippen molar-refractivity contribution in [2.75, 3.05) is 0 Å². The Hall–Kier alpha value is 0.590. The SMILES string of the molecule is O=C(O)C(F)F.[Ca+2].[H-].[H-]. The third-order valence-electron chi connectivity index (χ3n) is 0.187. The summed E-state index contributed by atoms with van der Waals surface area (Å²) in [7, 11) is 0. The summed E-state index contributed by atoms with van der Waals surface area (Å²) < 4.78 is 21.1. The van der Waals surface area contributed by atoms with Gasteiger partial charge in [-0.05, 0) is 0 Å². The van der Waals surface area contributed by atoms with Crippen molar-refractivity contribution in [3.63, 3.8) is 0 Å². The van der Waals surface area contributed by atoms with E-state index in [0.717, 1.165) is 0 Å². The van der Waals surface area contributed by atoms with Crippen LogP contribution in [0.4, 0.5) is 8.78 Å². The molecule has 0 bridgehead atoms. The van der Waals surface area contributed by atoms with Crippen LogP contribution in [0.1, 0.15) is 2.85 Å². The van der Waals surface area contributed by atoms with E-state index < -0.39 is 12.4 Å². The number of carboxylic acid groups (broad SMARTS) is 1. The number of hydrogen-bond donors (Lipinski definition) is 1. The molecule has 1 N–H and O–H groups in total. The van der Waals surface area contributed by atoms with E-state index in [1.807, 2.05) is 0 Å². The molecule has 0 aliphatic rings. The first-order valence-electron chi connectivity index (χ1n) is 1.15. The Labute approximate surface area is 71.5 Å². The molecule has 0 unspecified atom stereocenters. The molecule has 0 atom stereocenters. The molecule has 5 heteroatoms. The van der Waals surface area contributed by atoms with E-state index in [0.29, 0.717) is 0 Å². The number of halogens is 2. The van der Waals surface area contributed by atoms with Crippen LogP contribution in [0, 0.1) is 0 Å². The molecule has 0 heterocycles. The minimum absolute atomic E-state index is 0. The molecular formula is C2H4CaF2O2. The summed E-state index contributed by atoms with van der Waals surface area (Å²) in [4.78, 5) is 8.95. The van der Waals surface area contributed by atoms with Crippen LogP contribution in [0.5, 0.6) is 0 Å². The Morgan fingerprint density at radius 3 is 1.86 bits per heavy atom. The molecule has 0 fully saturated rings. The molecule has 0 saturated heterocycles. The van der Waals surface area contributed by atoms with Crippen molar-refractivity contribution in [1.29, 1.82) is 0 Å². The van der Waals surface area contributed by atoms with E-state index in [1.54, 1.807) is 0 Å². The average Bonchev–Trinajstić information content (AvgIpc) is 1.36. The van der Waals surface area contributed by atoms with Gasteiger partial charge in [0, 0.05) is 0 Å². The van der Waals surface area contributed by atoms with Crippen LogP contribution in [0.25, 0.3) is 0 Å². The normalized spacial score (nSPS) is 7.86. The van der Waals surface area contributed by atoms with Gasteiger partial charge in [0.15, 0.2) is 0 Å². The topological polar surface area (TPSA) is 37.3 Å². The molecule has 0 radical (unpaired) electrons.